The zero-order chi connectivity index (χ0) is 13.3. The Morgan fingerprint density at radius 3 is 1.53 bits per heavy atom. The minimum atomic E-state index is -0.979. The molecule has 4 nitrogen and oxygen atoms in total. The normalized spacial score (nSPS) is 13.8. The van der Waals surface area contributed by atoms with Crippen LogP contribution >= 0.6 is 0 Å². The van der Waals surface area contributed by atoms with Crippen LogP contribution in [0.15, 0.2) is 25.3 Å². The van der Waals surface area contributed by atoms with E-state index in [9.17, 15) is 19.8 Å². The largest absolute Gasteiger partial charge is 0.385 e. The number of hydrogen-bond donors (Lipinski definition) is 2. The van der Waals surface area contributed by atoms with Crippen molar-refractivity contribution in [3.05, 3.63) is 25.3 Å². The van der Waals surface area contributed by atoms with Crippen LogP contribution < -0.4 is 0 Å². The third kappa shape index (κ3) is 6.81. The molecule has 0 aromatic heterocycles. The summed E-state index contributed by atoms with van der Waals surface area (Å²) in [7, 11) is 0. The van der Waals surface area contributed by atoms with E-state index in [1.165, 1.54) is 0 Å². The summed E-state index contributed by atoms with van der Waals surface area (Å²) in [6.07, 6.45) is 3.13. The monoisotopic (exact) mass is 240 g/mol. The topological polar surface area (TPSA) is 74.6 Å². The van der Waals surface area contributed by atoms with Crippen molar-refractivity contribution in [3.63, 3.8) is 0 Å². The fraction of sp³-hybridized carbons (Fsp3) is 0.538. The van der Waals surface area contributed by atoms with Gasteiger partial charge < -0.3 is 10.2 Å². The van der Waals surface area contributed by atoms with Gasteiger partial charge in [0, 0.05) is 0 Å². The summed E-state index contributed by atoms with van der Waals surface area (Å²) in [4.78, 5) is 21.9. The molecule has 0 aliphatic rings. The molecule has 17 heavy (non-hydrogen) atoms. The number of carbonyl (C=O) groups excluding carboxylic acids is 2. The summed E-state index contributed by atoms with van der Waals surface area (Å²) in [6.45, 7) is 6.58. The second kappa shape index (κ2) is 8.84. The lowest BCUT2D eigenvalue weighted by Gasteiger charge is -2.08. The molecule has 4 heteroatoms. The Hall–Kier alpha value is -1.26. The maximum atomic E-state index is 10.9. The second-order valence-corrected chi connectivity index (χ2v) is 3.88. The lowest BCUT2D eigenvalue weighted by Crippen LogP contribution is -2.18. The predicted octanol–water partition coefficient (Wildman–Crippen LogP) is 1.17. The molecule has 0 aliphatic carbocycles. The summed E-state index contributed by atoms with van der Waals surface area (Å²) in [5, 5.41) is 18.6. The van der Waals surface area contributed by atoms with Gasteiger partial charge in [-0.1, -0.05) is 32.4 Å². The smallest absolute Gasteiger partial charge is 0.183 e. The first kappa shape index (κ1) is 15.7. The van der Waals surface area contributed by atoms with Crippen LogP contribution in [0.25, 0.3) is 0 Å². The van der Waals surface area contributed by atoms with E-state index in [4.69, 9.17) is 0 Å². The minimum absolute atomic E-state index is 0.369. The number of aliphatic hydroxyl groups excluding tert-OH is 2. The van der Waals surface area contributed by atoms with Crippen LogP contribution in [0.2, 0.25) is 0 Å². The van der Waals surface area contributed by atoms with Crippen molar-refractivity contribution in [1.29, 1.82) is 0 Å². The van der Waals surface area contributed by atoms with E-state index in [-0.39, 0.29) is 11.6 Å². The van der Waals surface area contributed by atoms with Gasteiger partial charge in [-0.25, -0.2) is 0 Å². The number of unbranched alkanes of at least 4 members (excludes halogenated alkanes) is 2. The molecule has 2 unspecified atom stereocenters. The van der Waals surface area contributed by atoms with Crippen LogP contribution in [-0.4, -0.2) is 34.0 Å². The highest BCUT2D eigenvalue weighted by molar-refractivity contribution is 5.93. The van der Waals surface area contributed by atoms with E-state index in [0.29, 0.717) is 25.7 Å². The second-order valence-electron chi connectivity index (χ2n) is 3.88. The Morgan fingerprint density at radius 2 is 1.24 bits per heavy atom. The van der Waals surface area contributed by atoms with Gasteiger partial charge in [-0.3, -0.25) is 9.59 Å². The van der Waals surface area contributed by atoms with Crippen molar-refractivity contribution in [1.82, 2.24) is 0 Å². The number of rotatable bonds is 10. The van der Waals surface area contributed by atoms with E-state index in [1.807, 2.05) is 0 Å². The molecule has 0 aromatic carbocycles. The maximum Gasteiger partial charge on any atom is 0.183 e. The van der Waals surface area contributed by atoms with Crippen LogP contribution in [0.1, 0.15) is 32.1 Å². The first-order valence-corrected chi connectivity index (χ1v) is 5.71. The molecule has 2 atom stereocenters. The van der Waals surface area contributed by atoms with Gasteiger partial charge in [0.05, 0.1) is 0 Å². The van der Waals surface area contributed by atoms with Gasteiger partial charge >= 0.3 is 0 Å². The SMILES string of the molecule is C=CC(=O)C(O)CCCCCC(O)C(=O)C=C. The summed E-state index contributed by atoms with van der Waals surface area (Å²) in [5.41, 5.74) is 0. The van der Waals surface area contributed by atoms with Crippen LogP contribution in [-0.2, 0) is 9.59 Å². The molecule has 2 N–H and O–H groups in total. The van der Waals surface area contributed by atoms with Gasteiger partial charge in [0.15, 0.2) is 11.6 Å². The summed E-state index contributed by atoms with van der Waals surface area (Å²) < 4.78 is 0. The molecule has 0 amide bonds. The highest BCUT2D eigenvalue weighted by Gasteiger charge is 2.12. The quantitative estimate of drug-likeness (QED) is 0.444. The molecular weight excluding hydrogens is 220 g/mol. The van der Waals surface area contributed by atoms with E-state index < -0.39 is 12.2 Å². The predicted molar refractivity (Wildman–Crippen MR) is 65.5 cm³/mol. The zero-order valence-corrected chi connectivity index (χ0v) is 9.97. The lowest BCUT2D eigenvalue weighted by atomic mass is 10.0. The van der Waals surface area contributed by atoms with Crippen molar-refractivity contribution in [3.8, 4) is 0 Å². The zero-order valence-electron chi connectivity index (χ0n) is 9.97. The van der Waals surface area contributed by atoms with Crippen LogP contribution in [0, 0.1) is 0 Å². The molecular formula is C13H20O4. The molecule has 0 rings (SSSR count). The number of hydrogen-bond acceptors (Lipinski definition) is 4. The Balaban J connectivity index is 3.59. The Bertz CT molecular complexity index is 255. The Kier molecular flexibility index (Phi) is 8.19. The summed E-state index contributed by atoms with van der Waals surface area (Å²) in [6, 6.07) is 0. The molecule has 0 saturated carbocycles. The third-order valence-electron chi connectivity index (χ3n) is 2.51. The Labute approximate surface area is 102 Å². The molecule has 0 aliphatic heterocycles. The van der Waals surface area contributed by atoms with Crippen LogP contribution in [0.5, 0.6) is 0 Å². The van der Waals surface area contributed by atoms with Gasteiger partial charge in [-0.15, -0.1) is 0 Å². The Morgan fingerprint density at radius 1 is 0.882 bits per heavy atom. The average Bonchev–Trinajstić information content (AvgIpc) is 2.35. The summed E-state index contributed by atoms with van der Waals surface area (Å²) >= 11 is 0. The fourth-order valence-electron chi connectivity index (χ4n) is 1.41. The molecule has 0 fully saturated rings. The molecule has 0 spiro atoms. The van der Waals surface area contributed by atoms with E-state index in [1.54, 1.807) is 0 Å². The van der Waals surface area contributed by atoms with Gasteiger partial charge in [0.1, 0.15) is 12.2 Å². The van der Waals surface area contributed by atoms with Gasteiger partial charge in [0.2, 0.25) is 0 Å². The van der Waals surface area contributed by atoms with E-state index in [2.05, 4.69) is 13.2 Å². The highest BCUT2D eigenvalue weighted by Crippen LogP contribution is 2.09. The van der Waals surface area contributed by atoms with Crippen molar-refractivity contribution >= 4 is 11.6 Å². The lowest BCUT2D eigenvalue weighted by molar-refractivity contribution is -0.122. The standard InChI is InChI=1S/C13H20O4/c1-3-10(14)12(16)8-6-5-7-9-13(17)11(15)4-2/h3-4,12-13,16-17H,1-2,5-9H2. The van der Waals surface area contributed by atoms with Crippen molar-refractivity contribution in [2.45, 2.75) is 44.3 Å². The van der Waals surface area contributed by atoms with Crippen LogP contribution in [0.3, 0.4) is 0 Å². The molecule has 0 bridgehead atoms. The van der Waals surface area contributed by atoms with Crippen molar-refractivity contribution < 1.29 is 19.8 Å². The van der Waals surface area contributed by atoms with E-state index in [0.717, 1.165) is 18.6 Å². The number of ketones is 2. The number of aliphatic hydroxyl groups is 2. The fourth-order valence-corrected chi connectivity index (χ4v) is 1.41. The maximum absolute atomic E-state index is 10.9. The first-order chi connectivity index (χ1) is 8.02. The molecule has 0 saturated heterocycles. The van der Waals surface area contributed by atoms with Gasteiger partial charge in [-0.05, 0) is 25.0 Å². The van der Waals surface area contributed by atoms with Crippen molar-refractivity contribution in [2.24, 2.45) is 0 Å². The highest BCUT2D eigenvalue weighted by atomic mass is 16.3. The van der Waals surface area contributed by atoms with Gasteiger partial charge in [-0.2, -0.15) is 0 Å². The van der Waals surface area contributed by atoms with Crippen molar-refractivity contribution in [2.75, 3.05) is 0 Å². The minimum Gasteiger partial charge on any atom is -0.385 e. The molecule has 0 aromatic rings. The third-order valence-corrected chi connectivity index (χ3v) is 2.51. The molecule has 0 heterocycles. The average molecular weight is 240 g/mol. The van der Waals surface area contributed by atoms with Crippen LogP contribution in [0.4, 0.5) is 0 Å². The molecule has 96 valence electrons. The number of carbonyl (C=O) groups is 2. The first-order valence-electron chi connectivity index (χ1n) is 5.71. The molecule has 0 radical (unpaired) electrons. The summed E-state index contributed by atoms with van der Waals surface area (Å²) in [5.74, 6) is -0.737. The van der Waals surface area contributed by atoms with Gasteiger partial charge in [0.25, 0.3) is 0 Å². The van der Waals surface area contributed by atoms with E-state index >= 15 is 0 Å².